The highest BCUT2D eigenvalue weighted by atomic mass is 32.1. The quantitative estimate of drug-likeness (QED) is 0.818. The number of hydrogen-bond donors (Lipinski definition) is 2. The van der Waals surface area contributed by atoms with Crippen LogP contribution in [0, 0.1) is 5.92 Å². The molecule has 7 heteroatoms. The molecule has 134 valence electrons. The van der Waals surface area contributed by atoms with Crippen LogP contribution in [0.2, 0.25) is 0 Å². The molecule has 1 saturated heterocycles. The summed E-state index contributed by atoms with van der Waals surface area (Å²) in [5.41, 5.74) is 2.20. The first-order valence-electron chi connectivity index (χ1n) is 8.50. The molecule has 0 saturated carbocycles. The van der Waals surface area contributed by atoms with Gasteiger partial charge in [0.1, 0.15) is 5.01 Å². The summed E-state index contributed by atoms with van der Waals surface area (Å²) >= 11 is 1.44. The number of halogens is 1. The Morgan fingerprint density at radius 1 is 1.36 bits per heavy atom. The number of benzene rings is 1. The van der Waals surface area contributed by atoms with Crippen molar-refractivity contribution in [1.29, 1.82) is 0 Å². The largest absolute Gasteiger partial charge is 0.449 e. The third-order valence-electron chi connectivity index (χ3n) is 4.21. The van der Waals surface area contributed by atoms with Crippen LogP contribution in [0.25, 0.3) is 10.6 Å². The average Bonchev–Trinajstić information content (AvgIpc) is 3.10. The number of nitrogens with one attached hydrogen (secondary N) is 2. The number of carbonyl (C=O) groups is 1. The molecule has 25 heavy (non-hydrogen) atoms. The fraction of sp³-hybridized carbons (Fsp3) is 0.444. The van der Waals surface area contributed by atoms with Gasteiger partial charge in [0.25, 0.3) is 0 Å². The van der Waals surface area contributed by atoms with Gasteiger partial charge in [0.2, 0.25) is 0 Å². The van der Waals surface area contributed by atoms with E-state index in [0.29, 0.717) is 24.6 Å². The second kappa shape index (κ2) is 8.92. The molecular weight excluding hydrogens is 341 g/mol. The van der Waals surface area contributed by atoms with E-state index in [9.17, 15) is 9.18 Å². The van der Waals surface area contributed by atoms with E-state index in [1.807, 2.05) is 29.6 Å². The van der Waals surface area contributed by atoms with Gasteiger partial charge in [-0.2, -0.15) is 0 Å². The first-order chi connectivity index (χ1) is 12.3. The lowest BCUT2D eigenvalue weighted by molar-refractivity contribution is 0.131. The first kappa shape index (κ1) is 17.8. The number of hydrogen-bond acceptors (Lipinski definition) is 5. The lowest BCUT2D eigenvalue weighted by atomic mass is 9.99. The Morgan fingerprint density at radius 2 is 2.16 bits per heavy atom. The van der Waals surface area contributed by atoms with Gasteiger partial charge in [-0.15, -0.1) is 11.3 Å². The maximum atomic E-state index is 12.5. The number of nitrogens with zero attached hydrogens (tertiary/aromatic N) is 1. The SMILES string of the molecule is O=C(Nc1ccccc1-c1nc(CCF)cs1)OCC1CCNCC1. The number of thiazole rings is 1. The van der Waals surface area contributed by atoms with Crippen LogP contribution in [0.4, 0.5) is 14.9 Å². The predicted molar refractivity (Wildman–Crippen MR) is 97.8 cm³/mol. The van der Waals surface area contributed by atoms with Gasteiger partial charge in [-0.05, 0) is 44.0 Å². The Labute approximate surface area is 150 Å². The number of piperidine rings is 1. The number of amides is 1. The van der Waals surface area contributed by atoms with Crippen LogP contribution in [-0.2, 0) is 11.2 Å². The Balaban J connectivity index is 1.62. The molecule has 1 aromatic heterocycles. The molecule has 0 aliphatic carbocycles. The summed E-state index contributed by atoms with van der Waals surface area (Å²) in [5, 5.41) is 8.71. The number of rotatable bonds is 6. The summed E-state index contributed by atoms with van der Waals surface area (Å²) in [7, 11) is 0. The minimum absolute atomic E-state index is 0.310. The van der Waals surface area contributed by atoms with Crippen LogP contribution >= 0.6 is 11.3 Å². The summed E-state index contributed by atoms with van der Waals surface area (Å²) in [6.45, 7) is 1.97. The Bertz CT molecular complexity index is 701. The van der Waals surface area contributed by atoms with Gasteiger partial charge in [0.05, 0.1) is 24.7 Å². The molecule has 1 amide bonds. The van der Waals surface area contributed by atoms with Gasteiger partial charge in [-0.25, -0.2) is 9.78 Å². The smallest absolute Gasteiger partial charge is 0.411 e. The number of anilines is 1. The van der Waals surface area contributed by atoms with Gasteiger partial charge < -0.3 is 10.1 Å². The molecule has 1 aliphatic rings. The van der Waals surface area contributed by atoms with Crippen LogP contribution in [0.5, 0.6) is 0 Å². The predicted octanol–water partition coefficient (Wildman–Crippen LogP) is 3.87. The molecule has 0 spiro atoms. The molecule has 2 N–H and O–H groups in total. The second-order valence-electron chi connectivity index (χ2n) is 6.05. The lowest BCUT2D eigenvalue weighted by Crippen LogP contribution is -2.31. The zero-order chi connectivity index (χ0) is 17.5. The Morgan fingerprint density at radius 3 is 2.96 bits per heavy atom. The number of aryl methyl sites for hydroxylation is 1. The van der Waals surface area contributed by atoms with Crippen molar-refractivity contribution in [3.05, 3.63) is 35.3 Å². The molecule has 1 aromatic carbocycles. The Hall–Kier alpha value is -1.99. The minimum Gasteiger partial charge on any atom is -0.449 e. The maximum absolute atomic E-state index is 12.5. The number of carbonyl (C=O) groups excluding carboxylic acids is 1. The van der Waals surface area contributed by atoms with E-state index in [1.165, 1.54) is 11.3 Å². The van der Waals surface area contributed by atoms with E-state index in [4.69, 9.17) is 4.74 Å². The van der Waals surface area contributed by atoms with Crippen molar-refractivity contribution in [3.63, 3.8) is 0 Å². The van der Waals surface area contributed by atoms with E-state index < -0.39 is 12.8 Å². The van der Waals surface area contributed by atoms with Crippen LogP contribution < -0.4 is 10.6 Å². The van der Waals surface area contributed by atoms with Gasteiger partial charge in [-0.3, -0.25) is 9.71 Å². The Kier molecular flexibility index (Phi) is 6.36. The molecule has 0 atom stereocenters. The van der Waals surface area contributed by atoms with Crippen LogP contribution in [0.3, 0.4) is 0 Å². The highest BCUT2D eigenvalue weighted by Gasteiger charge is 2.16. The van der Waals surface area contributed by atoms with E-state index in [0.717, 1.165) is 42.2 Å². The monoisotopic (exact) mass is 363 g/mol. The number of para-hydroxylation sites is 1. The van der Waals surface area contributed by atoms with Crippen molar-refractivity contribution in [1.82, 2.24) is 10.3 Å². The van der Waals surface area contributed by atoms with Crippen LogP contribution in [-0.4, -0.2) is 37.4 Å². The van der Waals surface area contributed by atoms with Crippen LogP contribution in [0.15, 0.2) is 29.6 Å². The molecule has 2 aromatic rings. The zero-order valence-corrected chi connectivity index (χ0v) is 14.8. The lowest BCUT2D eigenvalue weighted by Gasteiger charge is -2.22. The van der Waals surface area contributed by atoms with E-state index in [2.05, 4.69) is 15.6 Å². The topological polar surface area (TPSA) is 63.2 Å². The van der Waals surface area contributed by atoms with E-state index >= 15 is 0 Å². The summed E-state index contributed by atoms with van der Waals surface area (Å²) in [4.78, 5) is 16.6. The molecule has 0 radical (unpaired) electrons. The molecular formula is C18H22FN3O2S. The fourth-order valence-electron chi connectivity index (χ4n) is 2.81. The summed E-state index contributed by atoms with van der Waals surface area (Å²) in [5.74, 6) is 0.421. The minimum atomic E-state index is -0.452. The molecule has 0 unspecified atom stereocenters. The highest BCUT2D eigenvalue weighted by molar-refractivity contribution is 7.13. The van der Waals surface area contributed by atoms with E-state index in [1.54, 1.807) is 0 Å². The van der Waals surface area contributed by atoms with Gasteiger partial charge >= 0.3 is 6.09 Å². The van der Waals surface area contributed by atoms with Crippen molar-refractivity contribution in [3.8, 4) is 10.6 Å². The van der Waals surface area contributed by atoms with Crippen LogP contribution in [0.1, 0.15) is 18.5 Å². The highest BCUT2D eigenvalue weighted by Crippen LogP contribution is 2.30. The van der Waals surface area contributed by atoms with Gasteiger partial charge in [-0.1, -0.05) is 12.1 Å². The number of ether oxygens (including phenoxy) is 1. The molecule has 3 rings (SSSR count). The number of alkyl halides is 1. The second-order valence-corrected chi connectivity index (χ2v) is 6.90. The molecule has 2 heterocycles. The fourth-order valence-corrected chi connectivity index (χ4v) is 3.70. The summed E-state index contributed by atoms with van der Waals surface area (Å²) in [6, 6.07) is 7.44. The zero-order valence-electron chi connectivity index (χ0n) is 14.0. The normalized spacial score (nSPS) is 15.1. The van der Waals surface area contributed by atoms with Crippen molar-refractivity contribution in [2.24, 2.45) is 5.92 Å². The molecule has 5 nitrogen and oxygen atoms in total. The third-order valence-corrected chi connectivity index (χ3v) is 5.13. The summed E-state index contributed by atoms with van der Waals surface area (Å²) < 4.78 is 17.8. The van der Waals surface area contributed by atoms with Gasteiger partial charge in [0, 0.05) is 17.4 Å². The van der Waals surface area contributed by atoms with E-state index in [-0.39, 0.29) is 0 Å². The van der Waals surface area contributed by atoms with Crippen molar-refractivity contribution < 1.29 is 13.9 Å². The first-order valence-corrected chi connectivity index (χ1v) is 9.38. The van der Waals surface area contributed by atoms with Crippen molar-refractivity contribution in [2.75, 3.05) is 31.7 Å². The standard InChI is InChI=1S/C18H22FN3O2S/c19-8-5-14-12-25-17(21-14)15-3-1-2-4-16(15)22-18(23)24-11-13-6-9-20-10-7-13/h1-4,12-13,20H,5-11H2,(H,22,23). The molecule has 1 fully saturated rings. The average molecular weight is 363 g/mol. The maximum Gasteiger partial charge on any atom is 0.411 e. The number of aromatic nitrogens is 1. The van der Waals surface area contributed by atoms with Crippen molar-refractivity contribution in [2.45, 2.75) is 19.3 Å². The van der Waals surface area contributed by atoms with Gasteiger partial charge in [0.15, 0.2) is 0 Å². The molecule has 0 bridgehead atoms. The summed E-state index contributed by atoms with van der Waals surface area (Å²) in [6.07, 6.45) is 1.91. The van der Waals surface area contributed by atoms with Crippen molar-refractivity contribution >= 4 is 23.1 Å². The molecule has 1 aliphatic heterocycles. The third kappa shape index (κ3) is 4.99.